The van der Waals surface area contributed by atoms with Gasteiger partial charge in [-0.25, -0.2) is 4.39 Å². The maximum absolute atomic E-state index is 13.1. The van der Waals surface area contributed by atoms with Crippen molar-refractivity contribution in [3.8, 4) is 11.1 Å². The molecule has 2 aromatic rings. The average molecular weight is 216 g/mol. The molecule has 0 saturated carbocycles. The molecule has 0 aromatic heterocycles. The zero-order valence-electron chi connectivity index (χ0n) is 9.07. The number of hydrogen-bond acceptors (Lipinski definition) is 1. The van der Waals surface area contributed by atoms with Gasteiger partial charge in [0.25, 0.3) is 0 Å². The number of rotatable bonds is 2. The van der Waals surface area contributed by atoms with Gasteiger partial charge in [0.1, 0.15) is 5.82 Å². The highest BCUT2D eigenvalue weighted by molar-refractivity contribution is 5.64. The summed E-state index contributed by atoms with van der Waals surface area (Å²) in [4.78, 5) is 0. The zero-order chi connectivity index (χ0) is 11.5. The van der Waals surface area contributed by atoms with Gasteiger partial charge in [-0.15, -0.1) is 0 Å². The second kappa shape index (κ2) is 4.45. The van der Waals surface area contributed by atoms with Gasteiger partial charge in [0, 0.05) is 0 Å². The van der Waals surface area contributed by atoms with Crippen molar-refractivity contribution in [2.24, 2.45) is 0 Å². The summed E-state index contributed by atoms with van der Waals surface area (Å²) in [6.45, 7) is 1.77. The Bertz CT molecular complexity index is 506. The van der Waals surface area contributed by atoms with Crippen LogP contribution in [-0.4, -0.2) is 5.11 Å². The smallest absolute Gasteiger partial charge is 0.126 e. The molecule has 0 aliphatic rings. The number of halogens is 1. The minimum Gasteiger partial charge on any atom is -0.392 e. The summed E-state index contributed by atoms with van der Waals surface area (Å²) in [6, 6.07) is 12.6. The number of benzene rings is 2. The lowest BCUT2D eigenvalue weighted by Gasteiger charge is -2.05. The molecule has 1 nitrogen and oxygen atoms in total. The molecule has 0 heterocycles. The molecule has 0 unspecified atom stereocenters. The van der Waals surface area contributed by atoms with E-state index in [0.29, 0.717) is 5.56 Å². The Labute approximate surface area is 94.2 Å². The minimum absolute atomic E-state index is 0.0218. The third-order valence-electron chi connectivity index (χ3n) is 2.60. The Hall–Kier alpha value is -1.67. The monoisotopic (exact) mass is 216 g/mol. The summed E-state index contributed by atoms with van der Waals surface area (Å²) in [5.41, 5.74) is 3.45. The van der Waals surface area contributed by atoms with E-state index < -0.39 is 0 Å². The molecule has 0 radical (unpaired) electrons. The summed E-state index contributed by atoms with van der Waals surface area (Å²) in [6.07, 6.45) is 0. The molecule has 0 amide bonds. The zero-order valence-corrected chi connectivity index (χ0v) is 9.07. The summed E-state index contributed by atoms with van der Waals surface area (Å²) in [5.74, 6) is -0.193. The highest BCUT2D eigenvalue weighted by Crippen LogP contribution is 2.22. The van der Waals surface area contributed by atoms with E-state index in [9.17, 15) is 4.39 Å². The van der Waals surface area contributed by atoms with Crippen LogP contribution in [0.1, 0.15) is 11.1 Å². The predicted octanol–water partition coefficient (Wildman–Crippen LogP) is 3.29. The summed E-state index contributed by atoms with van der Waals surface area (Å²) >= 11 is 0. The van der Waals surface area contributed by atoms with Crippen LogP contribution in [0.5, 0.6) is 0 Å². The Morgan fingerprint density at radius 2 is 1.81 bits per heavy atom. The average Bonchev–Trinajstić information content (AvgIpc) is 2.33. The van der Waals surface area contributed by atoms with E-state index in [1.807, 2.05) is 30.3 Å². The normalized spacial score (nSPS) is 10.4. The van der Waals surface area contributed by atoms with Crippen molar-refractivity contribution in [3.63, 3.8) is 0 Å². The van der Waals surface area contributed by atoms with E-state index in [4.69, 9.17) is 5.11 Å². The van der Waals surface area contributed by atoms with E-state index >= 15 is 0 Å². The van der Waals surface area contributed by atoms with Crippen molar-refractivity contribution in [1.29, 1.82) is 0 Å². The largest absolute Gasteiger partial charge is 0.392 e. The van der Waals surface area contributed by atoms with E-state index in [2.05, 4.69) is 0 Å². The molecule has 0 bridgehead atoms. The van der Waals surface area contributed by atoms with Crippen LogP contribution in [0.4, 0.5) is 4.39 Å². The van der Waals surface area contributed by atoms with Crippen molar-refractivity contribution in [2.75, 3.05) is 0 Å². The SMILES string of the molecule is Cc1cc(-c2cccc(CO)c2)ccc1F. The van der Waals surface area contributed by atoms with Crippen molar-refractivity contribution in [2.45, 2.75) is 13.5 Å². The predicted molar refractivity (Wildman–Crippen MR) is 62.5 cm³/mol. The molecule has 82 valence electrons. The van der Waals surface area contributed by atoms with Gasteiger partial charge in [0.15, 0.2) is 0 Å². The molecule has 0 spiro atoms. The Morgan fingerprint density at radius 1 is 1.06 bits per heavy atom. The first-order valence-electron chi connectivity index (χ1n) is 5.17. The quantitative estimate of drug-likeness (QED) is 0.816. The maximum Gasteiger partial charge on any atom is 0.126 e. The van der Waals surface area contributed by atoms with Crippen LogP contribution in [0.15, 0.2) is 42.5 Å². The van der Waals surface area contributed by atoms with Crippen LogP contribution >= 0.6 is 0 Å². The lowest BCUT2D eigenvalue weighted by molar-refractivity contribution is 0.282. The molecule has 0 aliphatic carbocycles. The highest BCUT2D eigenvalue weighted by atomic mass is 19.1. The number of hydrogen-bond donors (Lipinski definition) is 1. The Kier molecular flexibility index (Phi) is 3.02. The molecular formula is C14H13FO. The van der Waals surface area contributed by atoms with Gasteiger partial charge >= 0.3 is 0 Å². The number of aliphatic hydroxyl groups is 1. The highest BCUT2D eigenvalue weighted by Gasteiger charge is 2.02. The molecule has 0 aliphatic heterocycles. The van der Waals surface area contributed by atoms with Gasteiger partial charge in [0.05, 0.1) is 6.61 Å². The molecule has 2 rings (SSSR count). The number of aliphatic hydroxyl groups excluding tert-OH is 1. The van der Waals surface area contributed by atoms with Crippen LogP contribution < -0.4 is 0 Å². The van der Waals surface area contributed by atoms with Gasteiger partial charge < -0.3 is 5.11 Å². The van der Waals surface area contributed by atoms with Gasteiger partial charge in [-0.2, -0.15) is 0 Å². The first kappa shape index (κ1) is 10.8. The fourth-order valence-corrected chi connectivity index (χ4v) is 1.67. The molecule has 0 saturated heterocycles. The van der Waals surface area contributed by atoms with Gasteiger partial charge in [0.2, 0.25) is 0 Å². The fraction of sp³-hybridized carbons (Fsp3) is 0.143. The molecule has 2 heteroatoms. The molecular weight excluding hydrogens is 203 g/mol. The Balaban J connectivity index is 2.46. The standard InChI is InChI=1S/C14H13FO/c1-10-7-13(5-6-14(10)15)12-4-2-3-11(8-12)9-16/h2-8,16H,9H2,1H3. The van der Waals surface area contributed by atoms with E-state index in [1.54, 1.807) is 13.0 Å². The third kappa shape index (κ3) is 2.12. The molecule has 0 fully saturated rings. The van der Waals surface area contributed by atoms with Crippen LogP contribution in [-0.2, 0) is 6.61 Å². The third-order valence-corrected chi connectivity index (χ3v) is 2.60. The summed E-state index contributed by atoms with van der Waals surface area (Å²) in [7, 11) is 0. The Morgan fingerprint density at radius 3 is 2.50 bits per heavy atom. The van der Waals surface area contributed by atoms with Crippen molar-refractivity contribution >= 4 is 0 Å². The van der Waals surface area contributed by atoms with Crippen LogP contribution in [0.3, 0.4) is 0 Å². The van der Waals surface area contributed by atoms with Gasteiger partial charge in [-0.05, 0) is 47.4 Å². The van der Waals surface area contributed by atoms with E-state index in [1.165, 1.54) is 6.07 Å². The fourth-order valence-electron chi connectivity index (χ4n) is 1.67. The second-order valence-electron chi connectivity index (χ2n) is 3.82. The lowest BCUT2D eigenvalue weighted by atomic mass is 10.0. The van der Waals surface area contributed by atoms with E-state index in [0.717, 1.165) is 16.7 Å². The van der Waals surface area contributed by atoms with Crippen LogP contribution in [0, 0.1) is 12.7 Å². The second-order valence-corrected chi connectivity index (χ2v) is 3.82. The van der Waals surface area contributed by atoms with Crippen LogP contribution in [0.2, 0.25) is 0 Å². The maximum atomic E-state index is 13.1. The lowest BCUT2D eigenvalue weighted by Crippen LogP contribution is -1.87. The molecule has 2 aromatic carbocycles. The van der Waals surface area contributed by atoms with Crippen LogP contribution in [0.25, 0.3) is 11.1 Å². The van der Waals surface area contributed by atoms with Crippen molar-refractivity contribution < 1.29 is 9.50 Å². The number of aryl methyl sites for hydroxylation is 1. The summed E-state index contributed by atoms with van der Waals surface area (Å²) < 4.78 is 13.1. The van der Waals surface area contributed by atoms with E-state index in [-0.39, 0.29) is 12.4 Å². The molecule has 0 atom stereocenters. The van der Waals surface area contributed by atoms with Gasteiger partial charge in [-0.3, -0.25) is 0 Å². The molecule has 1 N–H and O–H groups in total. The topological polar surface area (TPSA) is 20.2 Å². The van der Waals surface area contributed by atoms with Crippen molar-refractivity contribution in [3.05, 3.63) is 59.4 Å². The van der Waals surface area contributed by atoms with Crippen molar-refractivity contribution in [1.82, 2.24) is 0 Å². The first-order valence-corrected chi connectivity index (χ1v) is 5.17. The van der Waals surface area contributed by atoms with Gasteiger partial charge in [-0.1, -0.05) is 24.3 Å². The molecule has 16 heavy (non-hydrogen) atoms. The first-order chi connectivity index (χ1) is 7.70. The summed E-state index contributed by atoms with van der Waals surface area (Å²) in [5, 5.41) is 9.05. The minimum atomic E-state index is -0.193.